The highest BCUT2D eigenvalue weighted by molar-refractivity contribution is 7.13. The molecule has 0 aliphatic rings. The Bertz CT molecular complexity index is 351. The molecule has 1 heterocycles. The number of nitrogens with zero attached hydrogens (tertiary/aromatic N) is 2. The normalized spacial score (nSPS) is 15.9. The number of aromatic nitrogens is 2. The molecule has 1 aromatic rings. The van der Waals surface area contributed by atoms with Crippen molar-refractivity contribution in [2.24, 2.45) is 5.73 Å². The Kier molecular flexibility index (Phi) is 3.74. The Labute approximate surface area is 94.6 Å². The number of alkyl halides is 3. The lowest BCUT2D eigenvalue weighted by molar-refractivity contribution is -0.138. The van der Waals surface area contributed by atoms with E-state index in [0.717, 1.165) is 0 Å². The largest absolute Gasteiger partial charge is 0.467 e. The molecule has 1 atom stereocenters. The second-order valence-electron chi connectivity index (χ2n) is 3.67. The maximum atomic E-state index is 12.2. The third-order valence-corrected chi connectivity index (χ3v) is 2.86. The summed E-state index contributed by atoms with van der Waals surface area (Å²) in [5.74, 6) is 0. The SMILES string of the molecule is CCC(C)(N)COc1nnc(C(F)(F)F)s1. The summed E-state index contributed by atoms with van der Waals surface area (Å²) in [6.07, 6.45) is -3.83. The van der Waals surface area contributed by atoms with E-state index in [0.29, 0.717) is 17.8 Å². The van der Waals surface area contributed by atoms with Gasteiger partial charge in [-0.3, -0.25) is 0 Å². The first-order valence-electron chi connectivity index (χ1n) is 4.57. The van der Waals surface area contributed by atoms with Crippen LogP contribution in [0.15, 0.2) is 0 Å². The average molecular weight is 255 g/mol. The van der Waals surface area contributed by atoms with Gasteiger partial charge in [0.1, 0.15) is 6.61 Å². The molecular formula is C8H12F3N3OS. The zero-order valence-electron chi connectivity index (χ0n) is 8.84. The zero-order chi connectivity index (χ0) is 12.4. The van der Waals surface area contributed by atoms with Crippen molar-refractivity contribution in [1.82, 2.24) is 10.2 Å². The molecule has 0 spiro atoms. The smallest absolute Gasteiger partial charge is 0.445 e. The van der Waals surface area contributed by atoms with Crippen molar-refractivity contribution in [1.29, 1.82) is 0 Å². The van der Waals surface area contributed by atoms with E-state index in [9.17, 15) is 13.2 Å². The van der Waals surface area contributed by atoms with Gasteiger partial charge in [-0.25, -0.2) is 0 Å². The molecule has 0 aliphatic carbocycles. The predicted octanol–water partition coefficient (Wildman–Crippen LogP) is 2.06. The Morgan fingerprint density at radius 1 is 1.38 bits per heavy atom. The first-order chi connectivity index (χ1) is 7.24. The molecular weight excluding hydrogens is 243 g/mol. The molecule has 0 aromatic carbocycles. The molecule has 2 N–H and O–H groups in total. The molecule has 0 radical (unpaired) electrons. The van der Waals surface area contributed by atoms with Crippen LogP contribution in [0.5, 0.6) is 5.19 Å². The molecule has 1 rings (SSSR count). The molecule has 16 heavy (non-hydrogen) atoms. The second kappa shape index (κ2) is 4.54. The van der Waals surface area contributed by atoms with Crippen LogP contribution in [0, 0.1) is 0 Å². The number of nitrogens with two attached hydrogens (primary N) is 1. The van der Waals surface area contributed by atoms with Crippen LogP contribution in [0.25, 0.3) is 0 Å². The van der Waals surface area contributed by atoms with Crippen molar-refractivity contribution in [3.8, 4) is 5.19 Å². The summed E-state index contributed by atoms with van der Waals surface area (Å²) in [6.45, 7) is 3.72. The van der Waals surface area contributed by atoms with E-state index in [1.54, 1.807) is 6.92 Å². The molecule has 0 fully saturated rings. The summed E-state index contributed by atoms with van der Waals surface area (Å²) < 4.78 is 41.6. The lowest BCUT2D eigenvalue weighted by Gasteiger charge is -2.21. The summed E-state index contributed by atoms with van der Waals surface area (Å²) in [4.78, 5) is 0. The Hall–Kier alpha value is -0.890. The van der Waals surface area contributed by atoms with Crippen LogP contribution in [-0.4, -0.2) is 22.3 Å². The van der Waals surface area contributed by atoms with Crippen molar-refractivity contribution in [3.05, 3.63) is 5.01 Å². The zero-order valence-corrected chi connectivity index (χ0v) is 9.65. The Morgan fingerprint density at radius 3 is 2.44 bits per heavy atom. The summed E-state index contributed by atoms with van der Waals surface area (Å²) in [7, 11) is 0. The molecule has 8 heteroatoms. The molecule has 92 valence electrons. The van der Waals surface area contributed by atoms with Gasteiger partial charge in [-0.15, -0.1) is 5.10 Å². The third-order valence-electron chi connectivity index (χ3n) is 1.98. The minimum Gasteiger partial charge on any atom is -0.467 e. The minimum absolute atomic E-state index is 0.107. The Morgan fingerprint density at radius 2 is 2.00 bits per heavy atom. The van der Waals surface area contributed by atoms with Crippen LogP contribution >= 0.6 is 11.3 Å². The Balaban J connectivity index is 2.60. The van der Waals surface area contributed by atoms with Crippen LogP contribution in [-0.2, 0) is 6.18 Å². The summed E-state index contributed by atoms with van der Waals surface area (Å²) >= 11 is 0.366. The highest BCUT2D eigenvalue weighted by Crippen LogP contribution is 2.33. The molecule has 0 aliphatic heterocycles. The third kappa shape index (κ3) is 3.60. The highest BCUT2D eigenvalue weighted by atomic mass is 32.1. The average Bonchev–Trinajstić information content (AvgIpc) is 2.63. The summed E-state index contributed by atoms with van der Waals surface area (Å²) in [5, 5.41) is 5.15. The first kappa shape index (κ1) is 13.2. The highest BCUT2D eigenvalue weighted by Gasteiger charge is 2.36. The summed E-state index contributed by atoms with van der Waals surface area (Å²) in [6, 6.07) is 0. The van der Waals surface area contributed by atoms with Gasteiger partial charge in [0.05, 0.1) is 0 Å². The fraction of sp³-hybridized carbons (Fsp3) is 0.750. The van der Waals surface area contributed by atoms with Crippen molar-refractivity contribution < 1.29 is 17.9 Å². The van der Waals surface area contributed by atoms with Crippen molar-refractivity contribution in [2.75, 3.05) is 6.61 Å². The topological polar surface area (TPSA) is 61.0 Å². The van der Waals surface area contributed by atoms with Gasteiger partial charge in [-0.2, -0.15) is 13.2 Å². The number of halogens is 3. The molecule has 1 unspecified atom stereocenters. The van der Waals surface area contributed by atoms with Crippen LogP contribution in [0.2, 0.25) is 0 Å². The maximum absolute atomic E-state index is 12.2. The van der Waals surface area contributed by atoms with Gasteiger partial charge in [0.2, 0.25) is 5.01 Å². The van der Waals surface area contributed by atoms with E-state index in [2.05, 4.69) is 10.2 Å². The van der Waals surface area contributed by atoms with E-state index >= 15 is 0 Å². The quantitative estimate of drug-likeness (QED) is 0.894. The molecule has 0 saturated carbocycles. The first-order valence-corrected chi connectivity index (χ1v) is 5.38. The molecule has 0 bridgehead atoms. The van der Waals surface area contributed by atoms with Crippen LogP contribution in [0.4, 0.5) is 13.2 Å². The van der Waals surface area contributed by atoms with Crippen molar-refractivity contribution in [3.63, 3.8) is 0 Å². The van der Waals surface area contributed by atoms with Gasteiger partial charge < -0.3 is 10.5 Å². The van der Waals surface area contributed by atoms with Gasteiger partial charge in [-0.05, 0) is 13.3 Å². The van der Waals surface area contributed by atoms with Crippen molar-refractivity contribution in [2.45, 2.75) is 32.0 Å². The number of rotatable bonds is 4. The molecule has 1 aromatic heterocycles. The lowest BCUT2D eigenvalue weighted by atomic mass is 10.0. The van der Waals surface area contributed by atoms with Gasteiger partial charge in [0, 0.05) is 5.54 Å². The predicted molar refractivity (Wildman–Crippen MR) is 53.3 cm³/mol. The minimum atomic E-state index is -4.48. The monoisotopic (exact) mass is 255 g/mol. The van der Waals surface area contributed by atoms with E-state index in [4.69, 9.17) is 10.5 Å². The van der Waals surface area contributed by atoms with Crippen LogP contribution in [0.3, 0.4) is 0 Å². The van der Waals surface area contributed by atoms with E-state index < -0.39 is 16.7 Å². The van der Waals surface area contributed by atoms with Gasteiger partial charge in [0.25, 0.3) is 5.19 Å². The van der Waals surface area contributed by atoms with E-state index in [1.165, 1.54) is 0 Å². The van der Waals surface area contributed by atoms with Crippen LogP contribution < -0.4 is 10.5 Å². The van der Waals surface area contributed by atoms with Crippen molar-refractivity contribution >= 4 is 11.3 Å². The van der Waals surface area contributed by atoms with Crippen LogP contribution in [0.1, 0.15) is 25.3 Å². The van der Waals surface area contributed by atoms with E-state index in [-0.39, 0.29) is 11.8 Å². The summed E-state index contributed by atoms with van der Waals surface area (Å²) in [5.41, 5.74) is 5.19. The van der Waals surface area contributed by atoms with Gasteiger partial charge in [-0.1, -0.05) is 23.4 Å². The second-order valence-corrected chi connectivity index (χ2v) is 4.61. The van der Waals surface area contributed by atoms with Gasteiger partial charge >= 0.3 is 6.18 Å². The molecule has 0 amide bonds. The fourth-order valence-electron chi connectivity index (χ4n) is 0.711. The maximum Gasteiger partial charge on any atom is 0.445 e. The van der Waals surface area contributed by atoms with E-state index in [1.807, 2.05) is 6.92 Å². The molecule has 0 saturated heterocycles. The lowest BCUT2D eigenvalue weighted by Crippen LogP contribution is -2.41. The number of ether oxygens (including phenoxy) is 1. The molecule has 4 nitrogen and oxygen atoms in total. The number of hydrogen-bond donors (Lipinski definition) is 1. The standard InChI is InChI=1S/C8H12F3N3OS/c1-3-7(2,12)4-15-6-14-13-5(16-6)8(9,10)11/h3-4,12H2,1-2H3. The fourth-order valence-corrected chi connectivity index (χ4v) is 1.27. The number of hydrogen-bond acceptors (Lipinski definition) is 5. The van der Waals surface area contributed by atoms with Gasteiger partial charge in [0.15, 0.2) is 0 Å².